The Morgan fingerprint density at radius 3 is 2.59 bits per heavy atom. The second kappa shape index (κ2) is 11.7. The minimum absolute atomic E-state index is 0.00547. The lowest BCUT2D eigenvalue weighted by atomic mass is 9.89. The number of carbonyl (C=O) groups is 2. The van der Waals surface area contributed by atoms with Crippen molar-refractivity contribution in [1.29, 1.82) is 0 Å². The van der Waals surface area contributed by atoms with Crippen molar-refractivity contribution in [2.75, 3.05) is 32.8 Å². The van der Waals surface area contributed by atoms with Gasteiger partial charge in [-0.3, -0.25) is 9.69 Å². The number of hydrogen-bond donors (Lipinski definition) is 1. The van der Waals surface area contributed by atoms with Gasteiger partial charge in [0.1, 0.15) is 0 Å². The lowest BCUT2D eigenvalue weighted by molar-refractivity contribution is -0.118. The lowest BCUT2D eigenvalue weighted by Crippen LogP contribution is -2.52. The van der Waals surface area contributed by atoms with Crippen LogP contribution in [0, 0.1) is 5.92 Å². The summed E-state index contributed by atoms with van der Waals surface area (Å²) in [6.07, 6.45) is 12.6. The minimum Gasteiger partial charge on any atom is -0.381 e. The summed E-state index contributed by atoms with van der Waals surface area (Å²) in [4.78, 5) is 34.1. The van der Waals surface area contributed by atoms with Gasteiger partial charge in [-0.15, -0.1) is 0 Å². The van der Waals surface area contributed by atoms with Crippen molar-refractivity contribution >= 4 is 11.9 Å². The third kappa shape index (κ3) is 5.45. The summed E-state index contributed by atoms with van der Waals surface area (Å²) in [6, 6.07) is 11.4. The molecule has 5 atom stereocenters. The molecule has 1 N–H and O–H groups in total. The summed E-state index contributed by atoms with van der Waals surface area (Å²) < 4.78 is 5.58. The third-order valence-corrected chi connectivity index (χ3v) is 10.9. The summed E-state index contributed by atoms with van der Waals surface area (Å²) in [7, 11) is 0. The molecule has 3 saturated heterocycles. The fraction of sp³-hybridized carbons (Fsp3) is 0.706. The minimum atomic E-state index is -0.0614. The Hall–Kier alpha value is -2.38. The first-order valence-electron chi connectivity index (χ1n) is 16.3. The van der Waals surface area contributed by atoms with E-state index in [1.54, 1.807) is 0 Å². The number of nitrogens with one attached hydrogen (secondary N) is 1. The lowest BCUT2D eigenvalue weighted by Gasteiger charge is -2.40. The van der Waals surface area contributed by atoms with Crippen LogP contribution in [0.5, 0.6) is 0 Å². The highest BCUT2D eigenvalue weighted by Crippen LogP contribution is 2.62. The summed E-state index contributed by atoms with van der Waals surface area (Å²) in [5, 5.41) is 3.40. The Labute approximate surface area is 246 Å². The SMILES string of the molecule is CCC12CC3(CC1N2CC[C@H](NC(=O)C1=CCCCC1)c1ccccc1)CN(CC1CCOCC1)C(=O)N3C(C)C. The molecule has 4 unspecified atom stereocenters. The highest BCUT2D eigenvalue weighted by molar-refractivity contribution is 5.93. The maximum atomic E-state index is 13.7. The Kier molecular flexibility index (Phi) is 8.21. The van der Waals surface area contributed by atoms with E-state index in [0.717, 1.165) is 96.2 Å². The van der Waals surface area contributed by atoms with Gasteiger partial charge in [0.05, 0.1) is 11.6 Å². The Balaban J connectivity index is 1.13. The molecule has 41 heavy (non-hydrogen) atoms. The Morgan fingerprint density at radius 1 is 1.15 bits per heavy atom. The van der Waals surface area contributed by atoms with Crippen LogP contribution in [-0.2, 0) is 9.53 Å². The molecule has 3 amide bonds. The van der Waals surface area contributed by atoms with E-state index in [0.29, 0.717) is 12.0 Å². The van der Waals surface area contributed by atoms with E-state index in [2.05, 4.69) is 71.1 Å². The standard InChI is InChI=1S/C34H50N4O3/c1-4-34-23-33(24-36(32(40)38(33)25(2)3)22-26-16-19-41-20-17-26)21-30(34)37(34)18-15-29(27-11-7-5-8-12-27)35-31(39)28-13-9-6-10-14-28/h5,7-8,11-13,25-26,29-30H,4,6,9-10,14-24H2,1-3H3,(H,35,39)/t29-,30?,33?,34?,37?/m0/s1. The van der Waals surface area contributed by atoms with Crippen molar-refractivity contribution in [1.82, 2.24) is 20.0 Å². The van der Waals surface area contributed by atoms with Gasteiger partial charge in [0, 0.05) is 56.0 Å². The van der Waals surface area contributed by atoms with Gasteiger partial charge in [-0.25, -0.2) is 4.79 Å². The van der Waals surface area contributed by atoms with Crippen LogP contribution in [0.3, 0.4) is 0 Å². The van der Waals surface area contributed by atoms with Gasteiger partial charge in [-0.05, 0) is 89.5 Å². The smallest absolute Gasteiger partial charge is 0.320 e. The number of allylic oxidation sites excluding steroid dienone is 1. The first-order valence-corrected chi connectivity index (χ1v) is 16.3. The van der Waals surface area contributed by atoms with Crippen LogP contribution in [-0.4, -0.2) is 82.6 Å². The van der Waals surface area contributed by atoms with Crippen molar-refractivity contribution in [3.05, 3.63) is 47.5 Å². The molecule has 1 saturated carbocycles. The number of rotatable bonds is 10. The van der Waals surface area contributed by atoms with E-state index >= 15 is 0 Å². The van der Waals surface area contributed by atoms with E-state index < -0.39 is 0 Å². The molecule has 4 fully saturated rings. The molecule has 1 spiro atoms. The maximum absolute atomic E-state index is 13.7. The second-order valence-electron chi connectivity index (χ2n) is 13.7. The largest absolute Gasteiger partial charge is 0.381 e. The molecular formula is C34H50N4O3. The molecule has 3 aliphatic heterocycles. The zero-order valence-electron chi connectivity index (χ0n) is 25.4. The highest BCUT2D eigenvalue weighted by atomic mass is 16.5. The number of carbonyl (C=O) groups excluding carboxylic acids is 2. The third-order valence-electron chi connectivity index (χ3n) is 10.9. The maximum Gasteiger partial charge on any atom is 0.320 e. The monoisotopic (exact) mass is 562 g/mol. The topological polar surface area (TPSA) is 64.9 Å². The average Bonchev–Trinajstić information content (AvgIpc) is 3.27. The number of nitrogens with zero attached hydrogens (tertiary/aromatic N) is 3. The number of hydrogen-bond acceptors (Lipinski definition) is 4. The molecule has 0 bridgehead atoms. The highest BCUT2D eigenvalue weighted by Gasteiger charge is 2.73. The number of ether oxygens (including phenoxy) is 1. The van der Waals surface area contributed by atoms with Crippen molar-refractivity contribution in [2.24, 2.45) is 5.92 Å². The summed E-state index contributed by atoms with van der Waals surface area (Å²) in [5.74, 6) is 0.661. The zero-order valence-corrected chi connectivity index (χ0v) is 25.4. The van der Waals surface area contributed by atoms with Crippen LogP contribution in [0.4, 0.5) is 4.79 Å². The summed E-state index contributed by atoms with van der Waals surface area (Å²) >= 11 is 0. The summed E-state index contributed by atoms with van der Waals surface area (Å²) in [5.41, 5.74) is 2.24. The first kappa shape index (κ1) is 28.7. The van der Waals surface area contributed by atoms with Crippen molar-refractivity contribution in [3.63, 3.8) is 0 Å². The predicted molar refractivity (Wildman–Crippen MR) is 161 cm³/mol. The van der Waals surface area contributed by atoms with E-state index in [-0.39, 0.29) is 35.1 Å². The molecule has 3 heterocycles. The van der Waals surface area contributed by atoms with Gasteiger partial charge < -0.3 is 19.9 Å². The number of benzene rings is 1. The Bertz CT molecular complexity index is 1130. The fourth-order valence-electron chi connectivity index (χ4n) is 8.85. The molecule has 1 aromatic carbocycles. The number of likely N-dealkylation sites (tertiary alicyclic amines) is 1. The van der Waals surface area contributed by atoms with Gasteiger partial charge in [0.25, 0.3) is 0 Å². The molecule has 5 aliphatic rings. The number of urea groups is 1. The van der Waals surface area contributed by atoms with Crippen LogP contribution in [0.15, 0.2) is 42.0 Å². The number of fused-ring (bicyclic) bond motifs is 1. The van der Waals surface area contributed by atoms with Gasteiger partial charge >= 0.3 is 6.03 Å². The van der Waals surface area contributed by atoms with Crippen LogP contribution in [0.1, 0.15) is 96.6 Å². The van der Waals surface area contributed by atoms with Crippen molar-refractivity contribution < 1.29 is 14.3 Å². The van der Waals surface area contributed by atoms with E-state index in [9.17, 15) is 9.59 Å². The zero-order chi connectivity index (χ0) is 28.6. The van der Waals surface area contributed by atoms with Crippen LogP contribution >= 0.6 is 0 Å². The Morgan fingerprint density at radius 2 is 1.93 bits per heavy atom. The normalized spacial score (nSPS) is 32.4. The van der Waals surface area contributed by atoms with Crippen LogP contribution in [0.25, 0.3) is 0 Å². The fourth-order valence-corrected chi connectivity index (χ4v) is 8.85. The van der Waals surface area contributed by atoms with E-state index in [4.69, 9.17) is 4.74 Å². The molecule has 1 aromatic rings. The predicted octanol–water partition coefficient (Wildman–Crippen LogP) is 5.67. The van der Waals surface area contributed by atoms with Gasteiger partial charge in [-0.1, -0.05) is 43.3 Å². The average molecular weight is 563 g/mol. The molecule has 2 aliphatic carbocycles. The van der Waals surface area contributed by atoms with Gasteiger partial charge in [0.15, 0.2) is 0 Å². The van der Waals surface area contributed by atoms with Crippen molar-refractivity contribution in [2.45, 2.75) is 114 Å². The summed E-state index contributed by atoms with van der Waals surface area (Å²) in [6.45, 7) is 11.1. The molecule has 224 valence electrons. The molecule has 0 radical (unpaired) electrons. The molecule has 7 heteroatoms. The first-order chi connectivity index (χ1) is 19.9. The number of amides is 3. The second-order valence-corrected chi connectivity index (χ2v) is 13.7. The quantitative estimate of drug-likeness (QED) is 0.373. The molecular weight excluding hydrogens is 512 g/mol. The van der Waals surface area contributed by atoms with Gasteiger partial charge in [-0.2, -0.15) is 0 Å². The van der Waals surface area contributed by atoms with Gasteiger partial charge in [0.2, 0.25) is 5.91 Å². The van der Waals surface area contributed by atoms with Crippen LogP contribution < -0.4 is 5.32 Å². The molecule has 6 rings (SSSR count). The molecule has 7 nitrogen and oxygen atoms in total. The number of piperidine rings is 1. The van der Waals surface area contributed by atoms with Crippen LogP contribution in [0.2, 0.25) is 0 Å². The van der Waals surface area contributed by atoms with E-state index in [1.807, 2.05) is 6.07 Å². The molecule has 0 aromatic heterocycles. The van der Waals surface area contributed by atoms with E-state index in [1.165, 1.54) is 12.0 Å². The van der Waals surface area contributed by atoms with Crippen molar-refractivity contribution in [3.8, 4) is 0 Å².